The Balaban J connectivity index is 1.06. The van der Waals surface area contributed by atoms with Crippen molar-refractivity contribution in [2.75, 3.05) is 29.6 Å². The molecule has 252 valence electrons. The van der Waals surface area contributed by atoms with Gasteiger partial charge in [-0.15, -0.1) is 11.8 Å². The van der Waals surface area contributed by atoms with Crippen LogP contribution >= 0.6 is 23.4 Å². The lowest BCUT2D eigenvalue weighted by atomic mass is 10.0. The summed E-state index contributed by atoms with van der Waals surface area (Å²) in [6.45, 7) is 1.25. The number of fused-ring (bicyclic) bond motifs is 2. The van der Waals surface area contributed by atoms with E-state index in [1.165, 1.54) is 41.2 Å². The molecule has 7 rings (SSSR count). The molecule has 4 amide bonds. The first kappa shape index (κ1) is 32.7. The first-order chi connectivity index (χ1) is 23.7. The number of amides is 4. The minimum Gasteiger partial charge on any atom is -0.486 e. The number of thioether (sulfide) groups is 1. The Morgan fingerprint density at radius 2 is 2.02 bits per heavy atom. The number of imide groups is 1. The second-order valence-electron chi connectivity index (χ2n) is 11.8. The van der Waals surface area contributed by atoms with Gasteiger partial charge in [0.1, 0.15) is 35.9 Å². The highest BCUT2D eigenvalue weighted by molar-refractivity contribution is 7.99. The quantitative estimate of drug-likeness (QED) is 0.148. The minimum atomic E-state index is -0.704. The Labute approximate surface area is 289 Å². The normalized spacial score (nSPS) is 18.8. The van der Waals surface area contributed by atoms with Crippen LogP contribution in [0.5, 0.6) is 5.75 Å². The third-order valence-corrected chi connectivity index (χ3v) is 9.89. The second-order valence-corrected chi connectivity index (χ2v) is 13.3. The zero-order chi connectivity index (χ0) is 34.1. The minimum absolute atomic E-state index is 0.0395. The molecule has 0 spiro atoms. The molecule has 3 aromatic carbocycles. The van der Waals surface area contributed by atoms with Crippen LogP contribution < -0.4 is 20.7 Å². The van der Waals surface area contributed by atoms with Crippen LogP contribution in [0.4, 0.5) is 21.6 Å². The molecular weight excluding hydrogens is 675 g/mol. The molecule has 2 fully saturated rings. The van der Waals surface area contributed by atoms with Crippen molar-refractivity contribution in [3.63, 3.8) is 0 Å². The van der Waals surface area contributed by atoms with Crippen LogP contribution in [0.2, 0.25) is 5.02 Å². The maximum Gasteiger partial charge on any atom is 0.255 e. The van der Waals surface area contributed by atoms with E-state index in [0.717, 1.165) is 10.5 Å². The molecule has 3 aliphatic rings. The number of nitrogens with one attached hydrogen (secondary N) is 3. The Bertz CT molecular complexity index is 1990. The summed E-state index contributed by atoms with van der Waals surface area (Å²) in [5.74, 6) is -0.576. The van der Waals surface area contributed by atoms with Gasteiger partial charge in [0.05, 0.1) is 29.4 Å². The molecule has 12 nitrogen and oxygen atoms in total. The zero-order valence-corrected chi connectivity index (χ0v) is 27.5. The molecule has 0 aliphatic carbocycles. The smallest absolute Gasteiger partial charge is 0.255 e. The molecule has 2 saturated heterocycles. The summed E-state index contributed by atoms with van der Waals surface area (Å²) in [6, 6.07) is 12.4. The fourth-order valence-electron chi connectivity index (χ4n) is 6.03. The number of piperidine rings is 1. The van der Waals surface area contributed by atoms with E-state index in [-0.39, 0.29) is 54.7 Å². The van der Waals surface area contributed by atoms with E-state index in [1.54, 1.807) is 24.3 Å². The van der Waals surface area contributed by atoms with Gasteiger partial charge in [-0.2, -0.15) is 0 Å². The number of aromatic nitrogens is 2. The molecule has 0 bridgehead atoms. The van der Waals surface area contributed by atoms with E-state index in [0.29, 0.717) is 64.8 Å². The number of hydrogen-bond donors (Lipinski definition) is 3. The Kier molecular flexibility index (Phi) is 9.34. The largest absolute Gasteiger partial charge is 0.486 e. The van der Waals surface area contributed by atoms with Crippen molar-refractivity contribution in [2.45, 2.75) is 49.3 Å². The molecule has 3 aliphatic heterocycles. The molecule has 3 N–H and O–H groups in total. The molecule has 15 heteroatoms. The summed E-state index contributed by atoms with van der Waals surface area (Å²) >= 11 is 7.43. The van der Waals surface area contributed by atoms with Gasteiger partial charge < -0.3 is 25.0 Å². The standard InChI is InChI=1S/C34H30ClFN6O6S/c35-23-12-18(4-5-24(23)36)39-32-21-13-26(28(14-25(21)37-17-38-32)48-19-8-10-47-16-19)40-31(44)9-11-49-29-3-1-2-20-22(29)15-42(34(20)46)27-6-7-30(43)41-33(27)45/h1-5,12-14,17,19,27H,6-11,15-16H2,(H,40,44)(H,37,38,39)(H,41,43,45). The van der Waals surface area contributed by atoms with Crippen molar-refractivity contribution in [1.82, 2.24) is 20.2 Å². The molecule has 4 heterocycles. The Hall–Kier alpha value is -4.79. The van der Waals surface area contributed by atoms with Crippen LogP contribution in [-0.2, 0) is 25.7 Å². The van der Waals surface area contributed by atoms with Gasteiger partial charge in [-0.05, 0) is 48.4 Å². The highest BCUT2D eigenvalue weighted by atomic mass is 35.5. The van der Waals surface area contributed by atoms with Gasteiger partial charge in [0.25, 0.3) is 5.91 Å². The fraction of sp³-hybridized carbons (Fsp3) is 0.294. The van der Waals surface area contributed by atoms with Crippen LogP contribution in [0.15, 0.2) is 59.8 Å². The first-order valence-corrected chi connectivity index (χ1v) is 17.0. The maximum atomic E-state index is 13.8. The second kappa shape index (κ2) is 14.0. The number of benzene rings is 3. The average Bonchev–Trinajstić information content (AvgIpc) is 3.71. The van der Waals surface area contributed by atoms with Crippen LogP contribution in [0, 0.1) is 5.82 Å². The number of ether oxygens (including phenoxy) is 2. The van der Waals surface area contributed by atoms with E-state index in [9.17, 15) is 23.6 Å². The number of carbonyl (C=O) groups excluding carboxylic acids is 4. The lowest BCUT2D eigenvalue weighted by molar-refractivity contribution is -0.137. The van der Waals surface area contributed by atoms with Gasteiger partial charge in [0.2, 0.25) is 17.7 Å². The van der Waals surface area contributed by atoms with Crippen molar-refractivity contribution in [3.8, 4) is 5.75 Å². The van der Waals surface area contributed by atoms with Crippen LogP contribution in [0.25, 0.3) is 10.9 Å². The SMILES string of the molecule is O=C1CCC(N2Cc3c(SCCC(=O)Nc4cc5c(Nc6ccc(F)c(Cl)c6)ncnc5cc4OC4CCOC4)cccc3C2=O)C(=O)N1. The van der Waals surface area contributed by atoms with Crippen LogP contribution in [-0.4, -0.2) is 69.6 Å². The highest BCUT2D eigenvalue weighted by Crippen LogP contribution is 2.37. The number of nitrogens with zero attached hydrogens (tertiary/aromatic N) is 3. The summed E-state index contributed by atoms with van der Waals surface area (Å²) in [7, 11) is 0. The first-order valence-electron chi connectivity index (χ1n) is 15.7. The van der Waals surface area contributed by atoms with Gasteiger partial charge in [-0.25, -0.2) is 14.4 Å². The highest BCUT2D eigenvalue weighted by Gasteiger charge is 2.39. The van der Waals surface area contributed by atoms with E-state index in [2.05, 4.69) is 25.9 Å². The van der Waals surface area contributed by atoms with E-state index < -0.39 is 17.8 Å². The number of anilines is 3. The van der Waals surface area contributed by atoms with Gasteiger partial charge in [-0.3, -0.25) is 24.5 Å². The number of halogens is 2. The van der Waals surface area contributed by atoms with Crippen molar-refractivity contribution in [3.05, 3.63) is 76.8 Å². The molecule has 0 saturated carbocycles. The number of hydrogen-bond acceptors (Lipinski definition) is 10. The molecule has 1 aromatic heterocycles. The lowest BCUT2D eigenvalue weighted by Crippen LogP contribution is -2.52. The Morgan fingerprint density at radius 1 is 1.14 bits per heavy atom. The Morgan fingerprint density at radius 3 is 2.82 bits per heavy atom. The summed E-state index contributed by atoms with van der Waals surface area (Å²) in [5.41, 5.74) is 2.82. The molecule has 4 aromatic rings. The maximum absolute atomic E-state index is 13.8. The van der Waals surface area contributed by atoms with Gasteiger partial charge in [0.15, 0.2) is 0 Å². The predicted octanol–water partition coefficient (Wildman–Crippen LogP) is 5.22. The monoisotopic (exact) mass is 704 g/mol. The van der Waals surface area contributed by atoms with Crippen LogP contribution in [0.3, 0.4) is 0 Å². The lowest BCUT2D eigenvalue weighted by Gasteiger charge is -2.29. The van der Waals surface area contributed by atoms with Crippen molar-refractivity contribution < 1.29 is 33.0 Å². The van der Waals surface area contributed by atoms with Gasteiger partial charge in [-0.1, -0.05) is 17.7 Å². The molecular formula is C34H30ClFN6O6S. The molecule has 2 atom stereocenters. The van der Waals surface area contributed by atoms with Crippen molar-refractivity contribution in [1.29, 1.82) is 0 Å². The van der Waals surface area contributed by atoms with E-state index in [4.69, 9.17) is 21.1 Å². The average molecular weight is 705 g/mol. The third kappa shape index (κ3) is 7.02. The zero-order valence-electron chi connectivity index (χ0n) is 26.0. The van der Waals surface area contributed by atoms with Crippen molar-refractivity contribution >= 4 is 75.1 Å². The van der Waals surface area contributed by atoms with Gasteiger partial charge in [0, 0.05) is 59.2 Å². The molecule has 49 heavy (non-hydrogen) atoms. The molecule has 2 unspecified atom stereocenters. The molecule has 0 radical (unpaired) electrons. The third-order valence-electron chi connectivity index (χ3n) is 8.50. The van der Waals surface area contributed by atoms with Gasteiger partial charge >= 0.3 is 0 Å². The van der Waals surface area contributed by atoms with E-state index >= 15 is 0 Å². The summed E-state index contributed by atoms with van der Waals surface area (Å²) in [6.07, 6.45) is 2.52. The fourth-order valence-corrected chi connectivity index (χ4v) is 7.24. The summed E-state index contributed by atoms with van der Waals surface area (Å²) < 4.78 is 25.5. The predicted molar refractivity (Wildman–Crippen MR) is 181 cm³/mol. The van der Waals surface area contributed by atoms with Crippen LogP contribution in [0.1, 0.15) is 41.6 Å². The summed E-state index contributed by atoms with van der Waals surface area (Å²) in [5, 5.41) is 9.00. The number of rotatable bonds is 10. The summed E-state index contributed by atoms with van der Waals surface area (Å²) in [4.78, 5) is 61.8. The van der Waals surface area contributed by atoms with E-state index in [1.807, 2.05) is 6.07 Å². The van der Waals surface area contributed by atoms with Crippen molar-refractivity contribution in [2.24, 2.45) is 0 Å². The topological polar surface area (TPSA) is 152 Å². The number of carbonyl (C=O) groups is 4.